The van der Waals surface area contributed by atoms with E-state index in [4.69, 9.17) is 21.5 Å². The summed E-state index contributed by atoms with van der Waals surface area (Å²) in [5.41, 5.74) is 1.60. The largest absolute Gasteiger partial charge is 0.381 e. The Bertz CT molecular complexity index is 939. The van der Waals surface area contributed by atoms with Crippen LogP contribution in [0.5, 0.6) is 0 Å². The third-order valence-electron chi connectivity index (χ3n) is 5.13. The fourth-order valence-electron chi connectivity index (χ4n) is 3.46. The van der Waals surface area contributed by atoms with E-state index < -0.39 is 10.0 Å². The lowest BCUT2D eigenvalue weighted by Gasteiger charge is -2.38. The zero-order chi connectivity index (χ0) is 20.2. The van der Waals surface area contributed by atoms with Crippen molar-refractivity contribution in [2.24, 2.45) is 5.14 Å². The predicted molar refractivity (Wildman–Crippen MR) is 108 cm³/mol. The smallest absolute Gasteiger partial charge is 0.238 e. The number of carbonyl (C=O) groups excluding carboxylic acids is 1. The molecule has 1 aliphatic heterocycles. The minimum atomic E-state index is -3.74. The number of nitrogens with two attached hydrogens (primary N) is 1. The van der Waals surface area contributed by atoms with Crippen molar-refractivity contribution in [1.82, 2.24) is 5.32 Å². The van der Waals surface area contributed by atoms with Gasteiger partial charge in [0.1, 0.15) is 0 Å². The topological polar surface area (TPSA) is 98.5 Å². The SMILES string of the molecule is NS(=O)(=O)c1ccc(CC(=O)NCC2(c3cccc(Cl)c3)CCOCC2)cc1. The fourth-order valence-corrected chi connectivity index (χ4v) is 4.17. The van der Waals surface area contributed by atoms with Crippen LogP contribution in [0.25, 0.3) is 0 Å². The summed E-state index contributed by atoms with van der Waals surface area (Å²) in [6.45, 7) is 1.76. The van der Waals surface area contributed by atoms with Crippen molar-refractivity contribution >= 4 is 27.5 Å². The van der Waals surface area contributed by atoms with Gasteiger partial charge in [0.15, 0.2) is 0 Å². The molecule has 8 heteroatoms. The lowest BCUT2D eigenvalue weighted by Crippen LogP contribution is -2.45. The maximum absolute atomic E-state index is 12.5. The summed E-state index contributed by atoms with van der Waals surface area (Å²) in [7, 11) is -3.74. The van der Waals surface area contributed by atoms with Crippen LogP contribution < -0.4 is 10.5 Å². The van der Waals surface area contributed by atoms with E-state index >= 15 is 0 Å². The van der Waals surface area contributed by atoms with Crippen LogP contribution >= 0.6 is 11.6 Å². The number of carbonyl (C=O) groups is 1. The first-order valence-electron chi connectivity index (χ1n) is 9.01. The van der Waals surface area contributed by atoms with Gasteiger partial charge in [-0.2, -0.15) is 0 Å². The van der Waals surface area contributed by atoms with Gasteiger partial charge in [-0.3, -0.25) is 4.79 Å². The number of hydrogen-bond acceptors (Lipinski definition) is 4. The highest BCUT2D eigenvalue weighted by molar-refractivity contribution is 7.89. The summed E-state index contributed by atoms with van der Waals surface area (Å²) in [5, 5.41) is 8.79. The van der Waals surface area contributed by atoms with Crippen molar-refractivity contribution in [1.29, 1.82) is 0 Å². The fraction of sp³-hybridized carbons (Fsp3) is 0.350. The molecule has 1 amide bonds. The highest BCUT2D eigenvalue weighted by Gasteiger charge is 2.35. The van der Waals surface area contributed by atoms with Crippen molar-refractivity contribution in [3.63, 3.8) is 0 Å². The molecule has 0 bridgehead atoms. The molecule has 0 spiro atoms. The van der Waals surface area contributed by atoms with Gasteiger partial charge < -0.3 is 10.1 Å². The number of halogens is 1. The average Bonchev–Trinajstić information content (AvgIpc) is 2.67. The van der Waals surface area contributed by atoms with E-state index in [1.165, 1.54) is 12.1 Å². The molecule has 0 aliphatic carbocycles. The molecule has 3 N–H and O–H groups in total. The Morgan fingerprint density at radius 3 is 2.43 bits per heavy atom. The summed E-state index contributed by atoms with van der Waals surface area (Å²) in [4.78, 5) is 12.5. The Morgan fingerprint density at radius 1 is 1.14 bits per heavy atom. The van der Waals surface area contributed by atoms with Gasteiger partial charge in [-0.05, 0) is 48.2 Å². The standard InChI is InChI=1S/C20H23ClN2O4S/c21-17-3-1-2-16(13-17)20(8-10-27-11-9-20)14-23-19(24)12-15-4-6-18(7-5-15)28(22,25)26/h1-7,13H,8-12,14H2,(H,23,24)(H2,22,25,26). The van der Waals surface area contributed by atoms with Crippen molar-refractivity contribution in [3.05, 3.63) is 64.7 Å². The lowest BCUT2D eigenvalue weighted by atomic mass is 9.74. The maximum Gasteiger partial charge on any atom is 0.238 e. The van der Waals surface area contributed by atoms with Crippen molar-refractivity contribution in [2.45, 2.75) is 29.6 Å². The van der Waals surface area contributed by atoms with Crippen LogP contribution in [0.4, 0.5) is 0 Å². The highest BCUT2D eigenvalue weighted by Crippen LogP contribution is 2.35. The first-order valence-corrected chi connectivity index (χ1v) is 10.9. The van der Waals surface area contributed by atoms with E-state index in [1.54, 1.807) is 12.1 Å². The highest BCUT2D eigenvalue weighted by atomic mass is 35.5. The molecule has 0 aromatic heterocycles. The first-order chi connectivity index (χ1) is 13.3. The molecule has 1 fully saturated rings. The molecule has 0 atom stereocenters. The van der Waals surface area contributed by atoms with Crippen LogP contribution in [-0.4, -0.2) is 34.1 Å². The molecule has 1 heterocycles. The van der Waals surface area contributed by atoms with Gasteiger partial charge in [0.25, 0.3) is 0 Å². The Balaban J connectivity index is 1.67. The Hall–Kier alpha value is -1.93. The molecular weight excluding hydrogens is 400 g/mol. The minimum absolute atomic E-state index is 0.0266. The molecule has 150 valence electrons. The van der Waals surface area contributed by atoms with Crippen LogP contribution in [0, 0.1) is 0 Å². The molecule has 6 nitrogen and oxygen atoms in total. The Labute approximate surface area is 170 Å². The lowest BCUT2D eigenvalue weighted by molar-refractivity contribution is -0.120. The summed E-state index contributed by atoms with van der Waals surface area (Å²) >= 11 is 6.17. The van der Waals surface area contributed by atoms with Gasteiger partial charge in [-0.1, -0.05) is 35.9 Å². The first kappa shape index (κ1) is 20.8. The number of hydrogen-bond donors (Lipinski definition) is 2. The van der Waals surface area contributed by atoms with Crippen LogP contribution in [0.2, 0.25) is 5.02 Å². The Morgan fingerprint density at radius 2 is 1.82 bits per heavy atom. The number of rotatable bonds is 6. The molecule has 1 aliphatic rings. The van der Waals surface area contributed by atoms with Gasteiger partial charge >= 0.3 is 0 Å². The zero-order valence-electron chi connectivity index (χ0n) is 15.4. The van der Waals surface area contributed by atoms with E-state index in [1.807, 2.05) is 24.3 Å². The maximum atomic E-state index is 12.5. The summed E-state index contributed by atoms with van der Waals surface area (Å²) in [5.74, 6) is -0.128. The second-order valence-corrected chi connectivity index (χ2v) is 9.04. The summed E-state index contributed by atoms with van der Waals surface area (Å²) < 4.78 is 28.1. The van der Waals surface area contributed by atoms with Crippen LogP contribution in [0.1, 0.15) is 24.0 Å². The van der Waals surface area contributed by atoms with E-state index in [2.05, 4.69) is 5.32 Å². The third kappa shape index (κ3) is 5.11. The molecule has 0 unspecified atom stereocenters. The third-order valence-corrected chi connectivity index (χ3v) is 6.29. The molecule has 28 heavy (non-hydrogen) atoms. The van der Waals surface area contributed by atoms with E-state index in [0.717, 1.165) is 18.4 Å². The number of nitrogens with one attached hydrogen (secondary N) is 1. The minimum Gasteiger partial charge on any atom is -0.381 e. The number of primary sulfonamides is 1. The summed E-state index contributed by atoms with van der Waals surface area (Å²) in [6, 6.07) is 13.8. The second-order valence-electron chi connectivity index (χ2n) is 7.05. The normalized spacial score (nSPS) is 16.5. The predicted octanol–water partition coefficient (Wildman–Crippen LogP) is 2.39. The van der Waals surface area contributed by atoms with Crippen LogP contribution in [-0.2, 0) is 31.4 Å². The number of amides is 1. The van der Waals surface area contributed by atoms with Crippen LogP contribution in [0.15, 0.2) is 53.4 Å². The van der Waals surface area contributed by atoms with E-state index in [9.17, 15) is 13.2 Å². The Kier molecular flexibility index (Phi) is 6.40. The van der Waals surface area contributed by atoms with Crippen LogP contribution in [0.3, 0.4) is 0 Å². The van der Waals surface area contributed by atoms with Gasteiger partial charge in [0.2, 0.25) is 15.9 Å². The average molecular weight is 423 g/mol. The van der Waals surface area contributed by atoms with Crippen molar-refractivity contribution < 1.29 is 17.9 Å². The van der Waals surface area contributed by atoms with Gasteiger partial charge in [-0.15, -0.1) is 0 Å². The molecule has 3 rings (SSSR count). The number of ether oxygens (including phenoxy) is 1. The molecule has 2 aromatic rings. The zero-order valence-corrected chi connectivity index (χ0v) is 16.9. The van der Waals surface area contributed by atoms with E-state index in [-0.39, 0.29) is 22.6 Å². The van der Waals surface area contributed by atoms with Gasteiger partial charge in [0.05, 0.1) is 11.3 Å². The second kappa shape index (κ2) is 8.61. The van der Waals surface area contributed by atoms with Gasteiger partial charge in [-0.25, -0.2) is 13.6 Å². The molecular formula is C20H23ClN2O4S. The number of benzene rings is 2. The molecule has 1 saturated heterocycles. The van der Waals surface area contributed by atoms with Crippen molar-refractivity contribution in [2.75, 3.05) is 19.8 Å². The monoisotopic (exact) mass is 422 g/mol. The molecule has 2 aromatic carbocycles. The van der Waals surface area contributed by atoms with Crippen molar-refractivity contribution in [3.8, 4) is 0 Å². The molecule has 0 saturated carbocycles. The number of sulfonamides is 1. The quantitative estimate of drug-likeness (QED) is 0.746. The van der Waals surface area contributed by atoms with Gasteiger partial charge in [0, 0.05) is 30.2 Å². The van der Waals surface area contributed by atoms with E-state index in [0.29, 0.717) is 30.3 Å². The summed E-state index contributed by atoms with van der Waals surface area (Å²) in [6.07, 6.45) is 1.76. The molecule has 0 radical (unpaired) electrons.